The van der Waals surface area contributed by atoms with E-state index in [0.717, 1.165) is 64.0 Å². The van der Waals surface area contributed by atoms with Gasteiger partial charge in [0.2, 0.25) is 5.91 Å². The molecule has 1 aromatic rings. The normalized spacial score (nSPS) is 25.0. The number of hydrogen-bond donors (Lipinski definition) is 0. The van der Waals surface area contributed by atoms with Gasteiger partial charge in [0.15, 0.2) is 0 Å². The lowest BCUT2D eigenvalue weighted by molar-refractivity contribution is -0.135. The number of carbonyl (C=O) groups excluding carboxylic acids is 1. The molecule has 3 heterocycles. The van der Waals surface area contributed by atoms with Gasteiger partial charge < -0.3 is 9.64 Å². The van der Waals surface area contributed by atoms with Crippen LogP contribution >= 0.6 is 0 Å². The molecule has 5 nitrogen and oxygen atoms in total. The number of pyridine rings is 1. The first-order chi connectivity index (χ1) is 12.2. The van der Waals surface area contributed by atoms with Gasteiger partial charge in [-0.3, -0.25) is 14.7 Å². The van der Waals surface area contributed by atoms with Gasteiger partial charge in [-0.15, -0.1) is 0 Å². The predicted octanol–water partition coefficient (Wildman–Crippen LogP) is 2.85. The highest BCUT2D eigenvalue weighted by atomic mass is 16.5. The highest BCUT2D eigenvalue weighted by Gasteiger charge is 2.25. The van der Waals surface area contributed by atoms with Crippen LogP contribution in [0.15, 0.2) is 24.4 Å². The van der Waals surface area contributed by atoms with E-state index in [4.69, 9.17) is 4.74 Å². The van der Waals surface area contributed by atoms with Crippen LogP contribution in [0.2, 0.25) is 0 Å². The summed E-state index contributed by atoms with van der Waals surface area (Å²) in [6.45, 7) is 3.44. The minimum atomic E-state index is 0.145. The van der Waals surface area contributed by atoms with E-state index in [2.05, 4.69) is 27.9 Å². The second kappa shape index (κ2) is 9.30. The molecule has 0 spiro atoms. The molecule has 3 rings (SSSR count). The highest BCUT2D eigenvalue weighted by molar-refractivity contribution is 5.76. The number of ether oxygens (including phenoxy) is 1. The molecule has 0 bridgehead atoms. The van der Waals surface area contributed by atoms with Gasteiger partial charge in [0.25, 0.3) is 0 Å². The van der Waals surface area contributed by atoms with Crippen LogP contribution in [0.25, 0.3) is 0 Å². The summed E-state index contributed by atoms with van der Waals surface area (Å²) in [5.41, 5.74) is 1.11. The molecule has 2 saturated heterocycles. The Labute approximate surface area is 151 Å². The number of carbonyl (C=O) groups is 1. The molecule has 0 aliphatic carbocycles. The molecule has 2 aliphatic rings. The van der Waals surface area contributed by atoms with Gasteiger partial charge >= 0.3 is 0 Å². The lowest BCUT2D eigenvalue weighted by Gasteiger charge is -2.28. The third-order valence-electron chi connectivity index (χ3n) is 5.49. The number of rotatable bonds is 5. The summed E-state index contributed by atoms with van der Waals surface area (Å²) in [5.74, 6) is 0.278. The molecule has 0 radical (unpaired) electrons. The highest BCUT2D eigenvalue weighted by Crippen LogP contribution is 2.20. The van der Waals surface area contributed by atoms with Crippen LogP contribution in [-0.2, 0) is 16.1 Å². The van der Waals surface area contributed by atoms with Crippen molar-refractivity contribution in [3.05, 3.63) is 30.1 Å². The monoisotopic (exact) mass is 345 g/mol. The van der Waals surface area contributed by atoms with Crippen molar-refractivity contribution in [1.82, 2.24) is 14.8 Å². The summed E-state index contributed by atoms with van der Waals surface area (Å²) in [6.07, 6.45) is 9.19. The molecular formula is C20H31N3O2. The van der Waals surface area contributed by atoms with Crippen molar-refractivity contribution in [1.29, 1.82) is 0 Å². The lowest BCUT2D eigenvalue weighted by atomic mass is 10.1. The average molecular weight is 345 g/mol. The lowest BCUT2D eigenvalue weighted by Crippen LogP contribution is -2.37. The van der Waals surface area contributed by atoms with Crippen molar-refractivity contribution < 1.29 is 9.53 Å². The molecule has 25 heavy (non-hydrogen) atoms. The predicted molar refractivity (Wildman–Crippen MR) is 98.1 cm³/mol. The Balaban J connectivity index is 1.47. The van der Waals surface area contributed by atoms with Crippen molar-refractivity contribution in [3.63, 3.8) is 0 Å². The number of aromatic nitrogens is 1. The molecule has 138 valence electrons. The van der Waals surface area contributed by atoms with Gasteiger partial charge in [0.1, 0.15) is 0 Å². The number of hydrogen-bond acceptors (Lipinski definition) is 4. The first kappa shape index (κ1) is 18.3. The van der Waals surface area contributed by atoms with Crippen molar-refractivity contribution in [3.8, 4) is 0 Å². The second-order valence-corrected chi connectivity index (χ2v) is 7.39. The van der Waals surface area contributed by atoms with E-state index in [1.165, 1.54) is 6.42 Å². The van der Waals surface area contributed by atoms with Crippen LogP contribution in [0.1, 0.15) is 50.6 Å². The summed E-state index contributed by atoms with van der Waals surface area (Å²) in [5, 5.41) is 0. The molecule has 1 amide bonds. The fourth-order valence-corrected chi connectivity index (χ4v) is 3.94. The van der Waals surface area contributed by atoms with E-state index in [1.54, 1.807) is 0 Å². The van der Waals surface area contributed by atoms with Gasteiger partial charge in [0, 0.05) is 38.5 Å². The number of likely N-dealkylation sites (tertiary alicyclic amines) is 1. The Hall–Kier alpha value is -1.46. The van der Waals surface area contributed by atoms with Gasteiger partial charge in [-0.05, 0) is 57.7 Å². The number of amides is 1. The zero-order chi connectivity index (χ0) is 17.5. The molecule has 2 atom stereocenters. The molecule has 5 heteroatoms. The average Bonchev–Trinajstić information content (AvgIpc) is 2.90. The topological polar surface area (TPSA) is 45.7 Å². The molecule has 2 fully saturated rings. The van der Waals surface area contributed by atoms with Crippen LogP contribution in [0, 0.1) is 0 Å². The van der Waals surface area contributed by atoms with Crippen LogP contribution < -0.4 is 0 Å². The van der Waals surface area contributed by atoms with Crippen molar-refractivity contribution in [2.75, 3.05) is 26.7 Å². The zero-order valence-electron chi connectivity index (χ0n) is 15.4. The van der Waals surface area contributed by atoms with Crippen LogP contribution in [0.5, 0.6) is 0 Å². The summed E-state index contributed by atoms with van der Waals surface area (Å²) in [6, 6.07) is 6.59. The number of nitrogens with zero attached hydrogens (tertiary/aromatic N) is 3. The molecule has 0 unspecified atom stereocenters. The van der Waals surface area contributed by atoms with E-state index >= 15 is 0 Å². The van der Waals surface area contributed by atoms with Gasteiger partial charge in [-0.25, -0.2) is 0 Å². The molecule has 0 saturated carbocycles. The molecule has 0 aromatic carbocycles. The summed E-state index contributed by atoms with van der Waals surface area (Å²) >= 11 is 0. The first-order valence-electron chi connectivity index (χ1n) is 9.72. The minimum absolute atomic E-state index is 0.145. The third kappa shape index (κ3) is 5.51. The maximum atomic E-state index is 12.6. The molecule has 1 aromatic heterocycles. The Morgan fingerprint density at radius 2 is 2.16 bits per heavy atom. The van der Waals surface area contributed by atoms with E-state index < -0.39 is 0 Å². The maximum absolute atomic E-state index is 12.6. The summed E-state index contributed by atoms with van der Waals surface area (Å²) < 4.78 is 5.73. The van der Waals surface area contributed by atoms with Crippen molar-refractivity contribution in [2.45, 2.75) is 63.6 Å². The largest absolute Gasteiger partial charge is 0.378 e. The van der Waals surface area contributed by atoms with Gasteiger partial charge in [-0.1, -0.05) is 6.07 Å². The third-order valence-corrected chi connectivity index (χ3v) is 5.49. The van der Waals surface area contributed by atoms with E-state index in [-0.39, 0.29) is 12.0 Å². The quantitative estimate of drug-likeness (QED) is 0.823. The second-order valence-electron chi connectivity index (χ2n) is 7.39. The van der Waals surface area contributed by atoms with E-state index in [9.17, 15) is 4.79 Å². The molecule has 0 N–H and O–H groups in total. The van der Waals surface area contributed by atoms with Gasteiger partial charge in [0.05, 0.1) is 18.2 Å². The van der Waals surface area contributed by atoms with Crippen molar-refractivity contribution >= 4 is 5.91 Å². The van der Waals surface area contributed by atoms with Gasteiger partial charge in [-0.2, -0.15) is 0 Å². The van der Waals surface area contributed by atoms with Crippen molar-refractivity contribution in [2.24, 2.45) is 0 Å². The molecule has 2 aliphatic heterocycles. The van der Waals surface area contributed by atoms with Crippen LogP contribution in [0.3, 0.4) is 0 Å². The summed E-state index contributed by atoms with van der Waals surface area (Å²) in [7, 11) is 2.17. The summed E-state index contributed by atoms with van der Waals surface area (Å²) in [4.78, 5) is 21.5. The van der Waals surface area contributed by atoms with Crippen LogP contribution in [0.4, 0.5) is 0 Å². The minimum Gasteiger partial charge on any atom is -0.378 e. The SMILES string of the molecule is CN(Cc1ccccn1)[C@H]1CCCN(C(=O)C[C@@H]2CCCCO2)CC1. The first-order valence-corrected chi connectivity index (χ1v) is 9.72. The van der Waals surface area contributed by atoms with E-state index in [1.807, 2.05) is 18.3 Å². The maximum Gasteiger partial charge on any atom is 0.225 e. The fourth-order valence-electron chi connectivity index (χ4n) is 3.94. The fraction of sp³-hybridized carbons (Fsp3) is 0.700. The standard InChI is InChI=1S/C20H31N3O2/c1-22(16-17-7-2-4-11-21-17)18-8-6-12-23(13-10-18)20(24)15-19-9-3-5-14-25-19/h2,4,7,11,18-19H,3,5-6,8-10,12-16H2,1H3/t18-,19-/m0/s1. The molecular weight excluding hydrogens is 314 g/mol. The zero-order valence-corrected chi connectivity index (χ0v) is 15.4. The Bertz CT molecular complexity index is 531. The van der Waals surface area contributed by atoms with Crippen LogP contribution in [-0.4, -0.2) is 59.6 Å². The van der Waals surface area contributed by atoms with E-state index in [0.29, 0.717) is 12.5 Å². The Morgan fingerprint density at radius 3 is 2.92 bits per heavy atom. The Kier molecular flexibility index (Phi) is 6.82. The Morgan fingerprint density at radius 1 is 1.24 bits per heavy atom. The smallest absolute Gasteiger partial charge is 0.225 e.